The number of rotatable bonds is 4. The van der Waals surface area contributed by atoms with E-state index in [0.29, 0.717) is 12.1 Å². The van der Waals surface area contributed by atoms with Gasteiger partial charge in [-0.05, 0) is 43.4 Å². The molecule has 0 bridgehead atoms. The first kappa shape index (κ1) is 16.1. The fourth-order valence-corrected chi connectivity index (χ4v) is 4.65. The Kier molecular flexibility index (Phi) is 4.25. The van der Waals surface area contributed by atoms with E-state index in [1.807, 2.05) is 19.2 Å². The molecule has 0 aromatic carbocycles. The molecule has 0 aliphatic heterocycles. The van der Waals surface area contributed by atoms with Crippen LogP contribution in [0, 0.1) is 5.41 Å². The highest BCUT2D eigenvalue weighted by Gasteiger charge is 2.33. The molecule has 2 aromatic heterocycles. The van der Waals surface area contributed by atoms with Gasteiger partial charge in [0.1, 0.15) is 0 Å². The highest BCUT2D eigenvalue weighted by molar-refractivity contribution is 7.16. The molecule has 0 amide bonds. The van der Waals surface area contributed by atoms with E-state index in [0.717, 1.165) is 41.0 Å². The molecule has 2 heterocycles. The van der Waals surface area contributed by atoms with Crippen LogP contribution in [0.1, 0.15) is 46.8 Å². The summed E-state index contributed by atoms with van der Waals surface area (Å²) in [4.78, 5) is 18.5. The van der Waals surface area contributed by atoms with E-state index in [1.54, 1.807) is 17.5 Å². The number of aryl methyl sites for hydroxylation is 1. The van der Waals surface area contributed by atoms with E-state index in [9.17, 15) is 9.90 Å². The Morgan fingerprint density at radius 2 is 2.26 bits per heavy atom. The van der Waals surface area contributed by atoms with Gasteiger partial charge in [-0.1, -0.05) is 19.9 Å². The molecule has 2 N–H and O–H groups in total. The molecule has 1 aliphatic rings. The predicted molar refractivity (Wildman–Crippen MR) is 93.1 cm³/mol. The van der Waals surface area contributed by atoms with Gasteiger partial charge < -0.3 is 10.4 Å². The minimum Gasteiger partial charge on any atom is -0.478 e. The highest BCUT2D eigenvalue weighted by Crippen LogP contribution is 2.45. The Morgan fingerprint density at radius 3 is 2.96 bits per heavy atom. The Balaban J connectivity index is 2.18. The van der Waals surface area contributed by atoms with Crippen molar-refractivity contribution in [1.82, 2.24) is 10.3 Å². The van der Waals surface area contributed by atoms with Gasteiger partial charge in [0.15, 0.2) is 0 Å². The monoisotopic (exact) mass is 330 g/mol. The molecule has 4 nitrogen and oxygen atoms in total. The molecule has 0 spiro atoms. The van der Waals surface area contributed by atoms with Crippen molar-refractivity contribution in [2.24, 2.45) is 5.41 Å². The molecule has 0 saturated carbocycles. The average molecular weight is 330 g/mol. The van der Waals surface area contributed by atoms with Crippen molar-refractivity contribution >= 4 is 17.3 Å². The number of carboxylic acid groups (broad SMARTS) is 1. The van der Waals surface area contributed by atoms with E-state index >= 15 is 0 Å². The standard InChI is InChI=1S/C18H22N2O2S/c1-18(2)7-6-14-12(9-18)15(17(21)22)16(23-14)11-5-4-8-20-13(11)10-19-3/h4-5,8,19H,6-7,9-10H2,1-3H3,(H,21,22). The van der Waals surface area contributed by atoms with E-state index in [-0.39, 0.29) is 5.41 Å². The van der Waals surface area contributed by atoms with E-state index in [4.69, 9.17) is 0 Å². The van der Waals surface area contributed by atoms with Crippen molar-refractivity contribution in [2.75, 3.05) is 7.05 Å². The number of fused-ring (bicyclic) bond motifs is 1. The Bertz CT molecular complexity index is 749. The van der Waals surface area contributed by atoms with Crippen molar-refractivity contribution in [1.29, 1.82) is 0 Å². The van der Waals surface area contributed by atoms with Crippen molar-refractivity contribution in [3.63, 3.8) is 0 Å². The summed E-state index contributed by atoms with van der Waals surface area (Å²) < 4.78 is 0. The van der Waals surface area contributed by atoms with E-state index in [1.165, 1.54) is 4.88 Å². The maximum Gasteiger partial charge on any atom is 0.337 e. The third-order valence-electron chi connectivity index (χ3n) is 4.47. The molecule has 0 fully saturated rings. The second-order valence-corrected chi connectivity index (χ2v) is 7.99. The summed E-state index contributed by atoms with van der Waals surface area (Å²) in [5, 5.41) is 12.9. The van der Waals surface area contributed by atoms with E-state index < -0.39 is 5.97 Å². The molecule has 5 heteroatoms. The molecule has 0 atom stereocenters. The summed E-state index contributed by atoms with van der Waals surface area (Å²) in [6, 6.07) is 3.86. The van der Waals surface area contributed by atoms with Crippen LogP contribution in [0.25, 0.3) is 10.4 Å². The van der Waals surface area contributed by atoms with Gasteiger partial charge in [0.2, 0.25) is 0 Å². The Labute approximate surface area is 140 Å². The van der Waals surface area contributed by atoms with Crippen LogP contribution in [0.15, 0.2) is 18.3 Å². The van der Waals surface area contributed by atoms with E-state index in [2.05, 4.69) is 24.1 Å². The van der Waals surface area contributed by atoms with Crippen molar-refractivity contribution < 1.29 is 9.90 Å². The maximum atomic E-state index is 12.0. The normalized spacial score (nSPS) is 16.1. The number of nitrogens with one attached hydrogen (secondary N) is 1. The molecular weight excluding hydrogens is 308 g/mol. The fourth-order valence-electron chi connectivity index (χ4n) is 3.29. The van der Waals surface area contributed by atoms with Crippen LogP contribution < -0.4 is 5.32 Å². The average Bonchev–Trinajstić information content (AvgIpc) is 2.85. The number of nitrogens with zero attached hydrogens (tertiary/aromatic N) is 1. The summed E-state index contributed by atoms with van der Waals surface area (Å²) in [6.45, 7) is 5.06. The van der Waals surface area contributed by atoms with Crippen LogP contribution in [-0.4, -0.2) is 23.1 Å². The smallest absolute Gasteiger partial charge is 0.337 e. The van der Waals surface area contributed by atoms with Gasteiger partial charge >= 0.3 is 5.97 Å². The zero-order chi connectivity index (χ0) is 16.6. The number of carboxylic acids is 1. The Morgan fingerprint density at radius 1 is 1.48 bits per heavy atom. The number of aromatic carboxylic acids is 1. The quantitative estimate of drug-likeness (QED) is 0.896. The molecule has 0 saturated heterocycles. The highest BCUT2D eigenvalue weighted by atomic mass is 32.1. The van der Waals surface area contributed by atoms with Crippen molar-refractivity contribution in [2.45, 2.75) is 39.7 Å². The lowest BCUT2D eigenvalue weighted by atomic mass is 9.76. The minimum absolute atomic E-state index is 0.165. The van der Waals surface area contributed by atoms with Crippen LogP contribution >= 0.6 is 11.3 Å². The zero-order valence-corrected chi connectivity index (χ0v) is 14.6. The lowest BCUT2D eigenvalue weighted by Gasteiger charge is -2.29. The third-order valence-corrected chi connectivity index (χ3v) is 5.79. The van der Waals surface area contributed by atoms with Crippen molar-refractivity contribution in [3.8, 4) is 10.4 Å². The van der Waals surface area contributed by atoms with Crippen LogP contribution in [0.2, 0.25) is 0 Å². The molecule has 1 aliphatic carbocycles. The lowest BCUT2D eigenvalue weighted by molar-refractivity contribution is 0.0696. The first-order valence-electron chi connectivity index (χ1n) is 7.89. The second-order valence-electron chi connectivity index (χ2n) is 6.88. The van der Waals surface area contributed by atoms with Gasteiger partial charge in [-0.2, -0.15) is 0 Å². The van der Waals surface area contributed by atoms with Gasteiger partial charge in [-0.15, -0.1) is 11.3 Å². The molecule has 122 valence electrons. The van der Waals surface area contributed by atoms with Gasteiger partial charge in [0.25, 0.3) is 0 Å². The first-order valence-corrected chi connectivity index (χ1v) is 8.71. The second kappa shape index (κ2) is 6.06. The summed E-state index contributed by atoms with van der Waals surface area (Å²) in [5.41, 5.74) is 3.53. The molecule has 23 heavy (non-hydrogen) atoms. The van der Waals surface area contributed by atoms with Crippen molar-refractivity contribution in [3.05, 3.63) is 40.0 Å². The summed E-state index contributed by atoms with van der Waals surface area (Å²) in [5.74, 6) is -0.825. The minimum atomic E-state index is -0.825. The summed E-state index contributed by atoms with van der Waals surface area (Å²) >= 11 is 1.64. The molecule has 3 rings (SSSR count). The largest absolute Gasteiger partial charge is 0.478 e. The van der Waals surface area contributed by atoms with Gasteiger partial charge in [0, 0.05) is 23.2 Å². The summed E-state index contributed by atoms with van der Waals surface area (Å²) in [6.07, 6.45) is 4.67. The fraction of sp³-hybridized carbons (Fsp3) is 0.444. The van der Waals surface area contributed by atoms with Gasteiger partial charge in [-0.3, -0.25) is 4.98 Å². The first-order chi connectivity index (χ1) is 10.9. The number of aromatic nitrogens is 1. The van der Waals surface area contributed by atoms with Crippen LogP contribution in [0.5, 0.6) is 0 Å². The molecule has 0 unspecified atom stereocenters. The number of carbonyl (C=O) groups is 1. The number of hydrogen-bond acceptors (Lipinski definition) is 4. The lowest BCUT2D eigenvalue weighted by Crippen LogP contribution is -2.22. The predicted octanol–water partition coefficient (Wildman–Crippen LogP) is 3.74. The van der Waals surface area contributed by atoms with Crippen LogP contribution in [-0.2, 0) is 19.4 Å². The SMILES string of the molecule is CNCc1ncccc1-c1sc2c(c1C(=O)O)CC(C)(C)CC2. The number of hydrogen-bond donors (Lipinski definition) is 2. The Hall–Kier alpha value is -1.72. The third kappa shape index (κ3) is 3.03. The van der Waals surface area contributed by atoms with Gasteiger partial charge in [0.05, 0.1) is 16.1 Å². The molecule has 0 radical (unpaired) electrons. The topological polar surface area (TPSA) is 62.2 Å². The van der Waals surface area contributed by atoms with Crippen LogP contribution in [0.3, 0.4) is 0 Å². The number of thiophene rings is 1. The number of pyridine rings is 1. The molecule has 2 aromatic rings. The van der Waals surface area contributed by atoms with Gasteiger partial charge in [-0.25, -0.2) is 4.79 Å². The zero-order valence-electron chi connectivity index (χ0n) is 13.8. The maximum absolute atomic E-state index is 12.0. The van der Waals surface area contributed by atoms with Crippen LogP contribution in [0.4, 0.5) is 0 Å². The molecular formula is C18H22N2O2S. The summed E-state index contributed by atoms with van der Waals surface area (Å²) in [7, 11) is 1.87.